The number of hydrogen-bond acceptors (Lipinski definition) is 6. The number of hydrogen-bond donors (Lipinski definition) is 0. The van der Waals surface area contributed by atoms with Gasteiger partial charge in [-0.25, -0.2) is 0 Å². The number of carbonyl (C=O) groups is 3. The Bertz CT molecular complexity index is 764. The maximum absolute atomic E-state index is 12.6. The summed E-state index contributed by atoms with van der Waals surface area (Å²) in [5, 5.41) is -0.425. The van der Waals surface area contributed by atoms with Crippen LogP contribution < -0.4 is 9.47 Å². The minimum atomic E-state index is -0.447. The summed E-state index contributed by atoms with van der Waals surface area (Å²) >= 11 is 0.838. The molecular formula is C19H22N2O5S. The Hall–Kier alpha value is -2.48. The van der Waals surface area contributed by atoms with Crippen molar-refractivity contribution >= 4 is 34.9 Å². The smallest absolute Gasteiger partial charge is 0.294 e. The molecule has 3 rings (SSSR count). The monoisotopic (exact) mass is 390 g/mol. The van der Waals surface area contributed by atoms with Crippen LogP contribution in [0, 0.1) is 0 Å². The second-order valence-electron chi connectivity index (χ2n) is 6.36. The molecule has 1 aromatic rings. The van der Waals surface area contributed by atoms with E-state index in [1.807, 2.05) is 0 Å². The Morgan fingerprint density at radius 2 is 1.70 bits per heavy atom. The van der Waals surface area contributed by atoms with E-state index in [-0.39, 0.29) is 17.4 Å². The van der Waals surface area contributed by atoms with Crippen LogP contribution in [0.25, 0.3) is 6.08 Å². The molecular weight excluding hydrogens is 368 g/mol. The highest BCUT2D eigenvalue weighted by Gasteiger charge is 2.37. The van der Waals surface area contributed by atoms with Crippen LogP contribution in [0.15, 0.2) is 23.1 Å². The molecule has 0 N–H and O–H groups in total. The van der Waals surface area contributed by atoms with Gasteiger partial charge in [-0.1, -0.05) is 0 Å². The third kappa shape index (κ3) is 4.44. The van der Waals surface area contributed by atoms with Crippen LogP contribution in [-0.2, 0) is 9.59 Å². The van der Waals surface area contributed by atoms with Gasteiger partial charge in [0.25, 0.3) is 11.1 Å². The molecule has 7 nitrogen and oxygen atoms in total. The number of methoxy groups -OCH3 is 2. The second kappa shape index (κ2) is 8.47. The fourth-order valence-electron chi connectivity index (χ4n) is 3.08. The van der Waals surface area contributed by atoms with E-state index in [1.165, 1.54) is 0 Å². The number of benzene rings is 1. The quantitative estimate of drug-likeness (QED) is 0.720. The first-order valence-electron chi connectivity index (χ1n) is 8.78. The van der Waals surface area contributed by atoms with Gasteiger partial charge in [0.05, 0.1) is 19.1 Å². The minimum Gasteiger partial charge on any atom is -0.497 e. The molecule has 27 heavy (non-hydrogen) atoms. The molecule has 1 aromatic carbocycles. The Labute approximate surface area is 162 Å². The van der Waals surface area contributed by atoms with E-state index < -0.39 is 11.1 Å². The average Bonchev–Trinajstić information content (AvgIpc) is 2.95. The fraction of sp³-hybridized carbons (Fsp3) is 0.421. The van der Waals surface area contributed by atoms with Gasteiger partial charge in [-0.2, -0.15) is 0 Å². The summed E-state index contributed by atoms with van der Waals surface area (Å²) in [6, 6.07) is 5.21. The Balaban J connectivity index is 1.75. The van der Waals surface area contributed by atoms with Crippen LogP contribution >= 0.6 is 11.8 Å². The largest absolute Gasteiger partial charge is 0.497 e. The molecule has 2 fully saturated rings. The predicted octanol–water partition coefficient (Wildman–Crippen LogP) is 2.75. The van der Waals surface area contributed by atoms with Gasteiger partial charge in [0.2, 0.25) is 5.91 Å². The first kappa shape index (κ1) is 19.3. The van der Waals surface area contributed by atoms with E-state index in [0.717, 1.165) is 35.9 Å². The molecule has 0 aromatic heterocycles. The number of thioether (sulfide) groups is 1. The molecule has 3 amide bonds. The lowest BCUT2D eigenvalue weighted by atomic mass is 10.1. The van der Waals surface area contributed by atoms with Crippen LogP contribution in [0.2, 0.25) is 0 Å². The highest BCUT2D eigenvalue weighted by Crippen LogP contribution is 2.33. The van der Waals surface area contributed by atoms with Gasteiger partial charge in [-0.05, 0) is 54.8 Å². The lowest BCUT2D eigenvalue weighted by Gasteiger charge is -2.27. The van der Waals surface area contributed by atoms with E-state index in [0.29, 0.717) is 30.2 Å². The summed E-state index contributed by atoms with van der Waals surface area (Å²) < 4.78 is 10.4. The van der Waals surface area contributed by atoms with Crippen molar-refractivity contribution in [2.24, 2.45) is 0 Å². The van der Waals surface area contributed by atoms with Gasteiger partial charge in [0.1, 0.15) is 18.0 Å². The molecule has 0 aliphatic carbocycles. The number of ether oxygens (including phenoxy) is 2. The third-order valence-electron chi connectivity index (χ3n) is 4.55. The van der Waals surface area contributed by atoms with Crippen LogP contribution in [-0.4, -0.2) is 60.7 Å². The van der Waals surface area contributed by atoms with Crippen molar-refractivity contribution in [3.05, 3.63) is 28.7 Å². The minimum absolute atomic E-state index is 0.179. The van der Waals surface area contributed by atoms with Crippen molar-refractivity contribution in [1.29, 1.82) is 0 Å². The van der Waals surface area contributed by atoms with Crippen molar-refractivity contribution in [2.45, 2.75) is 19.3 Å². The summed E-state index contributed by atoms with van der Waals surface area (Å²) in [4.78, 5) is 40.3. The lowest BCUT2D eigenvalue weighted by molar-refractivity contribution is -0.136. The second-order valence-corrected chi connectivity index (χ2v) is 7.35. The standard InChI is InChI=1S/C19H22N2O5S/c1-25-14-8-13(9-15(11-14)26-2)10-16-18(23)21(19(24)27-16)12-17(22)20-6-4-3-5-7-20/h8-11H,3-7,12H2,1-2H3/b16-10-. The number of amides is 3. The van der Waals surface area contributed by atoms with Gasteiger partial charge in [-0.15, -0.1) is 0 Å². The first-order chi connectivity index (χ1) is 13.0. The maximum Gasteiger partial charge on any atom is 0.294 e. The molecule has 0 radical (unpaired) electrons. The molecule has 0 atom stereocenters. The number of piperidine rings is 1. The van der Waals surface area contributed by atoms with Gasteiger partial charge >= 0.3 is 0 Å². The summed E-state index contributed by atoms with van der Waals surface area (Å²) in [5.41, 5.74) is 0.680. The average molecular weight is 390 g/mol. The normalized spacial score (nSPS) is 19.0. The zero-order chi connectivity index (χ0) is 19.4. The van der Waals surface area contributed by atoms with Gasteiger partial charge < -0.3 is 14.4 Å². The van der Waals surface area contributed by atoms with Crippen LogP contribution in [0.1, 0.15) is 24.8 Å². The summed E-state index contributed by atoms with van der Waals surface area (Å²) in [5.74, 6) is 0.540. The van der Waals surface area contributed by atoms with Crippen LogP contribution in [0.3, 0.4) is 0 Å². The van der Waals surface area contributed by atoms with Crippen LogP contribution in [0.5, 0.6) is 11.5 Å². The van der Waals surface area contributed by atoms with Gasteiger partial charge in [0.15, 0.2) is 0 Å². The molecule has 8 heteroatoms. The van der Waals surface area contributed by atoms with E-state index in [1.54, 1.807) is 43.4 Å². The molecule has 0 bridgehead atoms. The molecule has 2 saturated heterocycles. The molecule has 2 aliphatic rings. The van der Waals surface area contributed by atoms with E-state index >= 15 is 0 Å². The van der Waals surface area contributed by atoms with Crippen molar-refractivity contribution in [3.63, 3.8) is 0 Å². The molecule has 144 valence electrons. The van der Waals surface area contributed by atoms with Gasteiger partial charge in [0, 0.05) is 19.2 Å². The van der Waals surface area contributed by atoms with Crippen molar-refractivity contribution in [2.75, 3.05) is 33.9 Å². The number of imide groups is 1. The molecule has 2 aliphatic heterocycles. The lowest BCUT2D eigenvalue weighted by Crippen LogP contribution is -2.44. The molecule has 2 heterocycles. The summed E-state index contributed by atoms with van der Waals surface area (Å²) in [6.07, 6.45) is 4.65. The predicted molar refractivity (Wildman–Crippen MR) is 103 cm³/mol. The van der Waals surface area contributed by atoms with Crippen LogP contribution in [0.4, 0.5) is 4.79 Å². The molecule has 0 saturated carbocycles. The Morgan fingerprint density at radius 1 is 1.07 bits per heavy atom. The zero-order valence-corrected chi connectivity index (χ0v) is 16.2. The third-order valence-corrected chi connectivity index (χ3v) is 5.45. The van der Waals surface area contributed by atoms with E-state index in [4.69, 9.17) is 9.47 Å². The van der Waals surface area contributed by atoms with Crippen molar-refractivity contribution in [3.8, 4) is 11.5 Å². The van der Waals surface area contributed by atoms with Crippen molar-refractivity contribution in [1.82, 2.24) is 9.80 Å². The maximum atomic E-state index is 12.6. The number of carbonyl (C=O) groups excluding carboxylic acids is 3. The van der Waals surface area contributed by atoms with E-state index in [9.17, 15) is 14.4 Å². The summed E-state index contributed by atoms with van der Waals surface area (Å²) in [6.45, 7) is 1.17. The highest BCUT2D eigenvalue weighted by atomic mass is 32.2. The SMILES string of the molecule is COc1cc(/C=C2\SC(=O)N(CC(=O)N3CCCCC3)C2=O)cc(OC)c1. The molecule has 0 unspecified atom stereocenters. The first-order valence-corrected chi connectivity index (χ1v) is 9.59. The van der Waals surface area contributed by atoms with Crippen molar-refractivity contribution < 1.29 is 23.9 Å². The zero-order valence-electron chi connectivity index (χ0n) is 15.4. The highest BCUT2D eigenvalue weighted by molar-refractivity contribution is 8.18. The number of rotatable bonds is 5. The topological polar surface area (TPSA) is 76.2 Å². The molecule has 0 spiro atoms. The number of likely N-dealkylation sites (tertiary alicyclic amines) is 1. The fourth-order valence-corrected chi connectivity index (χ4v) is 3.92. The number of nitrogens with zero attached hydrogens (tertiary/aromatic N) is 2. The Kier molecular flexibility index (Phi) is 6.05. The Morgan fingerprint density at radius 3 is 2.30 bits per heavy atom. The van der Waals surface area contributed by atoms with Gasteiger partial charge in [-0.3, -0.25) is 19.3 Å². The van der Waals surface area contributed by atoms with E-state index in [2.05, 4.69) is 0 Å². The summed E-state index contributed by atoms with van der Waals surface area (Å²) in [7, 11) is 3.08.